The third kappa shape index (κ3) is 5.20. The fraction of sp³-hybridized carbons (Fsp3) is 0.467. The largest absolute Gasteiger partial charge is 0.479 e. The number of aliphatic carboxylic acids is 1. The lowest BCUT2D eigenvalue weighted by Crippen LogP contribution is -2.47. The lowest BCUT2D eigenvalue weighted by Gasteiger charge is -2.31. The summed E-state index contributed by atoms with van der Waals surface area (Å²) in [5.41, 5.74) is -1.09. The summed E-state index contributed by atoms with van der Waals surface area (Å²) in [5, 5.41) is 23.1. The van der Waals surface area contributed by atoms with Gasteiger partial charge in [-0.25, -0.2) is 18.4 Å². The number of fused-ring (bicyclic) bond motifs is 1. The molecular formula is C15H19F2N3O4S. The Bertz CT molecular complexity index is 658. The Labute approximate surface area is 147 Å². The van der Waals surface area contributed by atoms with E-state index in [1.807, 2.05) is 0 Å². The van der Waals surface area contributed by atoms with Crippen molar-refractivity contribution < 1.29 is 28.6 Å². The van der Waals surface area contributed by atoms with Gasteiger partial charge >= 0.3 is 12.0 Å². The highest BCUT2D eigenvalue weighted by molar-refractivity contribution is 7.99. The molecule has 7 nitrogen and oxygen atoms in total. The molecule has 25 heavy (non-hydrogen) atoms. The van der Waals surface area contributed by atoms with Gasteiger partial charge in [0, 0.05) is 22.9 Å². The Morgan fingerprint density at radius 2 is 2.16 bits per heavy atom. The Kier molecular flexibility index (Phi) is 6.07. The zero-order valence-corrected chi connectivity index (χ0v) is 14.3. The Morgan fingerprint density at radius 1 is 1.44 bits per heavy atom. The van der Waals surface area contributed by atoms with E-state index in [9.17, 15) is 23.5 Å². The van der Waals surface area contributed by atoms with Crippen molar-refractivity contribution in [1.29, 1.82) is 0 Å². The molecule has 0 fully saturated rings. The van der Waals surface area contributed by atoms with Crippen LogP contribution >= 0.6 is 11.8 Å². The quantitative estimate of drug-likeness (QED) is 0.605. The van der Waals surface area contributed by atoms with Crippen LogP contribution in [0.1, 0.15) is 6.92 Å². The first-order valence-electron chi connectivity index (χ1n) is 7.49. The fourth-order valence-electron chi connectivity index (χ4n) is 2.21. The van der Waals surface area contributed by atoms with Gasteiger partial charge in [-0.3, -0.25) is 0 Å². The SMILES string of the molecule is CC(O)(CNC(=O)Nc1ccc2c(c1)N(CC(F)F)CCS2)C(=O)O. The van der Waals surface area contributed by atoms with E-state index < -0.39 is 30.6 Å². The maximum Gasteiger partial charge on any atom is 0.337 e. The van der Waals surface area contributed by atoms with Crippen LogP contribution in [0, 0.1) is 0 Å². The maximum atomic E-state index is 12.7. The van der Waals surface area contributed by atoms with Crippen LogP contribution in [0.15, 0.2) is 23.1 Å². The predicted octanol–water partition coefficient (Wildman–Crippen LogP) is 1.82. The van der Waals surface area contributed by atoms with Crippen molar-refractivity contribution in [3.05, 3.63) is 18.2 Å². The highest BCUT2D eigenvalue weighted by Gasteiger charge is 2.30. The van der Waals surface area contributed by atoms with Gasteiger partial charge in [0.1, 0.15) is 0 Å². The van der Waals surface area contributed by atoms with Crippen molar-refractivity contribution in [3.63, 3.8) is 0 Å². The van der Waals surface area contributed by atoms with Crippen LogP contribution in [0.5, 0.6) is 0 Å². The summed E-state index contributed by atoms with van der Waals surface area (Å²) in [6, 6.07) is 4.26. The Balaban J connectivity index is 2.03. The molecule has 0 saturated carbocycles. The number of thioether (sulfide) groups is 1. The number of urea groups is 1. The summed E-state index contributed by atoms with van der Waals surface area (Å²) in [6.07, 6.45) is -2.46. The molecule has 1 unspecified atom stereocenters. The molecule has 1 heterocycles. The molecule has 0 saturated heterocycles. The predicted molar refractivity (Wildman–Crippen MR) is 90.7 cm³/mol. The lowest BCUT2D eigenvalue weighted by atomic mass is 10.1. The van der Waals surface area contributed by atoms with E-state index in [4.69, 9.17) is 5.11 Å². The van der Waals surface area contributed by atoms with Crippen molar-refractivity contribution >= 4 is 35.1 Å². The Hall–Kier alpha value is -2.07. The number of halogens is 2. The standard InChI is InChI=1S/C15H19F2N3O4S/c1-15(24,13(21)22)8-18-14(23)19-9-2-3-11-10(6-9)20(4-5-25-11)7-12(16)17/h2-3,6,12,24H,4-5,7-8H2,1H3,(H,21,22)(H2,18,19,23). The van der Waals surface area contributed by atoms with Gasteiger partial charge in [0.2, 0.25) is 0 Å². The summed E-state index contributed by atoms with van der Waals surface area (Å²) in [7, 11) is 0. The molecule has 1 aromatic carbocycles. The molecule has 2 rings (SSSR count). The average Bonchev–Trinajstić information content (AvgIpc) is 2.53. The van der Waals surface area contributed by atoms with Crippen molar-refractivity contribution in [3.8, 4) is 0 Å². The van der Waals surface area contributed by atoms with Crippen molar-refractivity contribution in [2.24, 2.45) is 0 Å². The van der Waals surface area contributed by atoms with Crippen LogP contribution in [-0.4, -0.2) is 59.6 Å². The van der Waals surface area contributed by atoms with E-state index in [-0.39, 0.29) is 6.54 Å². The van der Waals surface area contributed by atoms with Crippen LogP contribution in [0.25, 0.3) is 0 Å². The lowest BCUT2D eigenvalue weighted by molar-refractivity contribution is -0.155. The number of carbonyl (C=O) groups excluding carboxylic acids is 1. The van der Waals surface area contributed by atoms with Crippen LogP contribution in [0.2, 0.25) is 0 Å². The topological polar surface area (TPSA) is 102 Å². The van der Waals surface area contributed by atoms with Gasteiger partial charge < -0.3 is 25.7 Å². The number of amides is 2. The number of hydrogen-bond donors (Lipinski definition) is 4. The maximum absolute atomic E-state index is 12.7. The number of aliphatic hydroxyl groups is 1. The van der Waals surface area contributed by atoms with Gasteiger partial charge in [-0.15, -0.1) is 11.8 Å². The van der Waals surface area contributed by atoms with Gasteiger partial charge in [-0.2, -0.15) is 0 Å². The minimum atomic E-state index is -2.46. The number of hydrogen-bond acceptors (Lipinski definition) is 5. The van der Waals surface area contributed by atoms with Crippen molar-refractivity contribution in [2.75, 3.05) is 35.6 Å². The molecule has 0 radical (unpaired) electrons. The second-order valence-corrected chi connectivity index (χ2v) is 6.89. The molecule has 1 aliphatic rings. The molecule has 1 atom stereocenters. The zero-order chi connectivity index (χ0) is 18.6. The van der Waals surface area contributed by atoms with E-state index in [1.165, 1.54) is 0 Å². The monoisotopic (exact) mass is 375 g/mol. The molecule has 2 amide bonds. The number of alkyl halides is 2. The van der Waals surface area contributed by atoms with Gasteiger partial charge in [0.15, 0.2) is 5.60 Å². The highest BCUT2D eigenvalue weighted by atomic mass is 32.2. The fourth-order valence-corrected chi connectivity index (χ4v) is 3.24. The van der Waals surface area contributed by atoms with Crippen molar-refractivity contribution in [2.45, 2.75) is 23.8 Å². The molecule has 10 heteroatoms. The number of nitrogens with one attached hydrogen (secondary N) is 2. The average molecular weight is 375 g/mol. The molecule has 0 bridgehead atoms. The summed E-state index contributed by atoms with van der Waals surface area (Å²) in [4.78, 5) is 25.0. The van der Waals surface area contributed by atoms with Crippen LogP contribution in [0.3, 0.4) is 0 Å². The molecule has 4 N–H and O–H groups in total. The van der Waals surface area contributed by atoms with E-state index in [0.29, 0.717) is 23.7 Å². The van der Waals surface area contributed by atoms with E-state index in [1.54, 1.807) is 34.9 Å². The molecule has 138 valence electrons. The molecule has 0 spiro atoms. The second-order valence-electron chi connectivity index (χ2n) is 5.75. The van der Waals surface area contributed by atoms with E-state index >= 15 is 0 Å². The second kappa shape index (κ2) is 7.87. The van der Waals surface area contributed by atoms with E-state index in [2.05, 4.69) is 10.6 Å². The zero-order valence-electron chi connectivity index (χ0n) is 13.5. The minimum Gasteiger partial charge on any atom is -0.479 e. The molecule has 1 aliphatic heterocycles. The molecule has 1 aromatic rings. The van der Waals surface area contributed by atoms with Crippen molar-refractivity contribution in [1.82, 2.24) is 5.32 Å². The smallest absolute Gasteiger partial charge is 0.337 e. The van der Waals surface area contributed by atoms with Crippen LogP contribution < -0.4 is 15.5 Å². The van der Waals surface area contributed by atoms with Gasteiger partial charge in [0.25, 0.3) is 6.43 Å². The normalized spacial score (nSPS) is 16.1. The summed E-state index contributed by atoms with van der Waals surface area (Å²) in [5.74, 6) is -0.752. The van der Waals surface area contributed by atoms with Gasteiger partial charge in [0.05, 0.1) is 18.8 Å². The van der Waals surface area contributed by atoms with Gasteiger partial charge in [-0.05, 0) is 25.1 Å². The number of benzene rings is 1. The summed E-state index contributed by atoms with van der Waals surface area (Å²) in [6.45, 7) is 0.685. The summed E-state index contributed by atoms with van der Waals surface area (Å²) < 4.78 is 25.4. The van der Waals surface area contributed by atoms with E-state index in [0.717, 1.165) is 11.8 Å². The first kappa shape index (κ1) is 19.3. The molecule has 0 aliphatic carbocycles. The van der Waals surface area contributed by atoms with Crippen LogP contribution in [-0.2, 0) is 4.79 Å². The minimum absolute atomic E-state index is 0.382. The summed E-state index contributed by atoms with van der Waals surface area (Å²) >= 11 is 1.55. The highest BCUT2D eigenvalue weighted by Crippen LogP contribution is 2.36. The van der Waals surface area contributed by atoms with Gasteiger partial charge in [-0.1, -0.05) is 0 Å². The van der Waals surface area contributed by atoms with Crippen LogP contribution in [0.4, 0.5) is 25.0 Å². The number of carbonyl (C=O) groups is 2. The number of carboxylic acid groups (broad SMARTS) is 1. The first-order chi connectivity index (χ1) is 11.7. The number of carboxylic acids is 1. The third-order valence-corrected chi connectivity index (χ3v) is 4.63. The first-order valence-corrected chi connectivity index (χ1v) is 8.48. The number of rotatable bonds is 6. The molecule has 0 aromatic heterocycles. The molecular weight excluding hydrogens is 356 g/mol. The number of anilines is 2. The number of nitrogens with zero attached hydrogens (tertiary/aromatic N) is 1. The third-order valence-electron chi connectivity index (χ3n) is 3.59. The Morgan fingerprint density at radius 3 is 2.80 bits per heavy atom.